The normalized spacial score (nSPS) is 11.6. The third kappa shape index (κ3) is 5.70. The van der Waals surface area contributed by atoms with E-state index in [-0.39, 0.29) is 0 Å². The second-order valence-electron chi connectivity index (χ2n) is 14.1. The van der Waals surface area contributed by atoms with Gasteiger partial charge in [0.05, 0.1) is 5.69 Å². The van der Waals surface area contributed by atoms with Crippen LogP contribution in [0.5, 0.6) is 0 Å². The van der Waals surface area contributed by atoms with E-state index in [1.54, 1.807) is 11.3 Å². The van der Waals surface area contributed by atoms with E-state index in [4.69, 9.17) is 9.97 Å². The molecule has 262 valence electrons. The van der Waals surface area contributed by atoms with Gasteiger partial charge in [0, 0.05) is 46.8 Å². The topological polar surface area (TPSA) is 25.8 Å². The van der Waals surface area contributed by atoms with E-state index in [0.717, 1.165) is 55.1 Å². The zero-order valence-corrected chi connectivity index (χ0v) is 31.8. The van der Waals surface area contributed by atoms with E-state index in [1.165, 1.54) is 52.5 Å². The Labute approximate surface area is 332 Å². The summed E-state index contributed by atoms with van der Waals surface area (Å²) in [7, 11) is 0. The van der Waals surface area contributed by atoms with Gasteiger partial charge in [0.1, 0.15) is 4.83 Å². The Kier molecular flexibility index (Phi) is 7.90. The molecule has 0 fully saturated rings. The third-order valence-electron chi connectivity index (χ3n) is 10.7. The van der Waals surface area contributed by atoms with Gasteiger partial charge in [-0.15, -0.1) is 22.7 Å². The fourth-order valence-corrected chi connectivity index (χ4v) is 10.3. The first-order chi connectivity index (χ1) is 27.7. The molecule has 0 aliphatic rings. The maximum atomic E-state index is 5.40. The molecular formula is C52H32N2S2. The van der Waals surface area contributed by atoms with Gasteiger partial charge in [-0.1, -0.05) is 158 Å². The summed E-state index contributed by atoms with van der Waals surface area (Å²) >= 11 is 3.60. The number of nitrogens with zero attached hydrogens (tertiary/aromatic N) is 2. The highest BCUT2D eigenvalue weighted by Gasteiger charge is 2.18. The van der Waals surface area contributed by atoms with Crippen molar-refractivity contribution in [1.82, 2.24) is 9.97 Å². The van der Waals surface area contributed by atoms with Crippen molar-refractivity contribution in [2.45, 2.75) is 0 Å². The summed E-state index contributed by atoms with van der Waals surface area (Å²) in [5, 5.41) is 4.93. The number of aromatic nitrogens is 2. The second-order valence-corrected chi connectivity index (χ2v) is 16.2. The molecule has 11 rings (SSSR count). The van der Waals surface area contributed by atoms with Crippen molar-refractivity contribution in [3.8, 4) is 67.2 Å². The minimum atomic E-state index is 0.721. The van der Waals surface area contributed by atoms with Gasteiger partial charge in [-0.3, -0.25) is 0 Å². The summed E-state index contributed by atoms with van der Waals surface area (Å²) in [5.74, 6) is 0.721. The number of benzene rings is 8. The summed E-state index contributed by atoms with van der Waals surface area (Å²) in [6.07, 6.45) is 0. The molecule has 0 amide bonds. The van der Waals surface area contributed by atoms with Gasteiger partial charge in [-0.2, -0.15) is 0 Å². The Bertz CT molecular complexity index is 3230. The van der Waals surface area contributed by atoms with Crippen LogP contribution >= 0.6 is 22.7 Å². The molecule has 0 saturated carbocycles. The van der Waals surface area contributed by atoms with Crippen molar-refractivity contribution in [2.75, 3.05) is 0 Å². The molecule has 56 heavy (non-hydrogen) atoms. The molecule has 0 saturated heterocycles. The highest BCUT2D eigenvalue weighted by Crippen LogP contribution is 2.43. The number of hydrogen-bond donors (Lipinski definition) is 0. The quantitative estimate of drug-likeness (QED) is 0.169. The molecule has 3 heterocycles. The largest absolute Gasteiger partial charge is 0.227 e. The lowest BCUT2D eigenvalue weighted by Crippen LogP contribution is -1.95. The molecule has 0 aliphatic heterocycles. The molecule has 2 nitrogen and oxygen atoms in total. The molecule has 0 spiro atoms. The summed E-state index contributed by atoms with van der Waals surface area (Å²) < 4.78 is 3.86. The molecule has 8 aromatic carbocycles. The molecule has 0 bridgehead atoms. The SMILES string of the molecule is c1ccc(-c2cccc(-c3cc(-c4ccc(-c5cccc6c5sc5ccccc56)cc4)cc(-c4nc(-c5ccccc5)c5c(n4)sc4ccccc45)c3)c2)cc1. The van der Waals surface area contributed by atoms with Gasteiger partial charge in [-0.25, -0.2) is 9.97 Å². The van der Waals surface area contributed by atoms with Crippen LogP contribution in [0.4, 0.5) is 0 Å². The zero-order chi connectivity index (χ0) is 37.0. The first-order valence-corrected chi connectivity index (χ1v) is 20.4. The molecular weight excluding hydrogens is 717 g/mol. The fraction of sp³-hybridized carbons (Fsp3) is 0. The molecule has 0 N–H and O–H groups in total. The Morgan fingerprint density at radius 2 is 0.839 bits per heavy atom. The van der Waals surface area contributed by atoms with E-state index >= 15 is 0 Å². The van der Waals surface area contributed by atoms with Crippen molar-refractivity contribution >= 4 is 63.1 Å². The van der Waals surface area contributed by atoms with Gasteiger partial charge in [0.2, 0.25) is 0 Å². The minimum Gasteiger partial charge on any atom is -0.227 e. The van der Waals surface area contributed by atoms with Crippen LogP contribution in [-0.2, 0) is 0 Å². The van der Waals surface area contributed by atoms with E-state index in [2.05, 4.69) is 194 Å². The average molecular weight is 749 g/mol. The highest BCUT2D eigenvalue weighted by atomic mass is 32.1. The number of fused-ring (bicyclic) bond motifs is 6. The Morgan fingerprint density at radius 3 is 1.61 bits per heavy atom. The van der Waals surface area contributed by atoms with Gasteiger partial charge in [0.15, 0.2) is 5.82 Å². The lowest BCUT2D eigenvalue weighted by Gasteiger charge is -2.13. The van der Waals surface area contributed by atoms with Crippen LogP contribution in [0.3, 0.4) is 0 Å². The second kappa shape index (κ2) is 13.5. The van der Waals surface area contributed by atoms with Crippen molar-refractivity contribution < 1.29 is 0 Å². The van der Waals surface area contributed by atoms with Gasteiger partial charge >= 0.3 is 0 Å². The third-order valence-corrected chi connectivity index (χ3v) is 13.0. The summed E-state index contributed by atoms with van der Waals surface area (Å²) in [4.78, 5) is 11.7. The molecule has 11 aromatic rings. The Hall–Kier alpha value is -6.72. The Balaban J connectivity index is 1.09. The summed E-state index contributed by atoms with van der Waals surface area (Å²) in [6, 6.07) is 69.8. The van der Waals surface area contributed by atoms with Crippen LogP contribution in [-0.4, -0.2) is 9.97 Å². The van der Waals surface area contributed by atoms with E-state index in [0.29, 0.717) is 0 Å². The number of thiophene rings is 2. The predicted molar refractivity (Wildman–Crippen MR) is 240 cm³/mol. The lowest BCUT2D eigenvalue weighted by molar-refractivity contribution is 1.24. The van der Waals surface area contributed by atoms with Crippen molar-refractivity contribution in [3.63, 3.8) is 0 Å². The molecule has 3 aromatic heterocycles. The van der Waals surface area contributed by atoms with Gasteiger partial charge in [-0.05, 0) is 80.9 Å². The van der Waals surface area contributed by atoms with Crippen LogP contribution in [0.15, 0.2) is 194 Å². The van der Waals surface area contributed by atoms with Crippen LogP contribution in [0.1, 0.15) is 0 Å². The summed E-state index contributed by atoms with van der Waals surface area (Å²) in [5.41, 5.74) is 12.4. The minimum absolute atomic E-state index is 0.721. The van der Waals surface area contributed by atoms with Crippen LogP contribution in [0.2, 0.25) is 0 Å². The molecule has 0 unspecified atom stereocenters. The molecule has 0 aliphatic carbocycles. The van der Waals surface area contributed by atoms with Crippen LogP contribution in [0, 0.1) is 0 Å². The van der Waals surface area contributed by atoms with Gasteiger partial charge in [0.25, 0.3) is 0 Å². The maximum absolute atomic E-state index is 5.40. The predicted octanol–water partition coefficient (Wildman–Crippen LogP) is 15.2. The standard InChI is InChI=1S/C52H32N2S2/c1-3-13-33(14-4-1)37-17-11-18-38(29-37)40-30-39(34-25-27-35(28-26-34)42-21-12-22-44-43-19-7-9-23-46(43)55-50(42)44)31-41(32-40)51-53-49(36-15-5-2-6-16-36)48-45-20-8-10-24-47(45)56-52(48)54-51/h1-32H. The molecule has 4 heteroatoms. The van der Waals surface area contributed by atoms with Crippen LogP contribution in [0.25, 0.3) is 108 Å². The smallest absolute Gasteiger partial charge is 0.161 e. The Morgan fingerprint density at radius 1 is 0.321 bits per heavy atom. The molecule has 0 radical (unpaired) electrons. The summed E-state index contributed by atoms with van der Waals surface area (Å²) in [6.45, 7) is 0. The fourth-order valence-electron chi connectivity index (χ4n) is 7.97. The first-order valence-electron chi connectivity index (χ1n) is 18.8. The monoisotopic (exact) mass is 748 g/mol. The highest BCUT2D eigenvalue weighted by molar-refractivity contribution is 7.26. The number of rotatable bonds is 6. The van der Waals surface area contributed by atoms with E-state index in [9.17, 15) is 0 Å². The number of hydrogen-bond acceptors (Lipinski definition) is 4. The van der Waals surface area contributed by atoms with Crippen LogP contribution < -0.4 is 0 Å². The lowest BCUT2D eigenvalue weighted by atomic mass is 9.93. The molecule has 0 atom stereocenters. The average Bonchev–Trinajstić information content (AvgIpc) is 3.85. The van der Waals surface area contributed by atoms with Crippen molar-refractivity contribution in [2.24, 2.45) is 0 Å². The van der Waals surface area contributed by atoms with Crippen molar-refractivity contribution in [3.05, 3.63) is 194 Å². The first kappa shape index (κ1) is 32.7. The maximum Gasteiger partial charge on any atom is 0.161 e. The van der Waals surface area contributed by atoms with Crippen molar-refractivity contribution in [1.29, 1.82) is 0 Å². The van der Waals surface area contributed by atoms with Gasteiger partial charge < -0.3 is 0 Å². The zero-order valence-electron chi connectivity index (χ0n) is 30.2. The van der Waals surface area contributed by atoms with E-state index < -0.39 is 0 Å². The van der Waals surface area contributed by atoms with E-state index in [1.807, 2.05) is 11.3 Å².